The van der Waals surface area contributed by atoms with E-state index in [0.717, 1.165) is 30.8 Å². The van der Waals surface area contributed by atoms with E-state index in [9.17, 15) is 4.79 Å². The van der Waals surface area contributed by atoms with Crippen LogP contribution < -0.4 is 9.64 Å². The Hall–Kier alpha value is -1.22. The first-order valence-electron chi connectivity index (χ1n) is 5.80. The smallest absolute Gasteiger partial charge is 0.228 e. The molecule has 4 heteroatoms. The van der Waals surface area contributed by atoms with Crippen LogP contribution in [-0.2, 0) is 11.2 Å². The van der Waals surface area contributed by atoms with Crippen LogP contribution in [0.15, 0.2) is 18.2 Å². The van der Waals surface area contributed by atoms with E-state index in [4.69, 9.17) is 16.3 Å². The molecule has 1 aliphatic heterocycles. The third-order valence-corrected chi connectivity index (χ3v) is 3.20. The molecule has 1 amide bonds. The van der Waals surface area contributed by atoms with Crippen molar-refractivity contribution in [1.29, 1.82) is 0 Å². The average molecular weight is 254 g/mol. The van der Waals surface area contributed by atoms with Gasteiger partial charge in [0.2, 0.25) is 5.91 Å². The molecule has 1 heterocycles. The van der Waals surface area contributed by atoms with Gasteiger partial charge in [0.15, 0.2) is 0 Å². The van der Waals surface area contributed by atoms with Gasteiger partial charge in [-0.3, -0.25) is 4.79 Å². The van der Waals surface area contributed by atoms with Gasteiger partial charge in [-0.2, -0.15) is 0 Å². The van der Waals surface area contributed by atoms with Crippen LogP contribution in [-0.4, -0.2) is 25.4 Å². The molecular formula is C13H16ClNO2. The third kappa shape index (κ3) is 2.39. The number of carbonyl (C=O) groups excluding carboxylic acids is 1. The van der Waals surface area contributed by atoms with E-state index in [1.807, 2.05) is 12.1 Å². The van der Waals surface area contributed by atoms with Crippen molar-refractivity contribution in [1.82, 2.24) is 0 Å². The molecule has 0 atom stereocenters. The molecule has 1 aliphatic rings. The van der Waals surface area contributed by atoms with Crippen molar-refractivity contribution in [3.63, 3.8) is 0 Å². The maximum atomic E-state index is 12.0. The summed E-state index contributed by atoms with van der Waals surface area (Å²) in [5.74, 6) is 1.20. The topological polar surface area (TPSA) is 29.5 Å². The summed E-state index contributed by atoms with van der Waals surface area (Å²) in [6.45, 7) is 0.753. The van der Waals surface area contributed by atoms with E-state index in [-0.39, 0.29) is 5.91 Å². The summed E-state index contributed by atoms with van der Waals surface area (Å²) in [6, 6.07) is 5.91. The van der Waals surface area contributed by atoms with Gasteiger partial charge in [0.1, 0.15) is 5.75 Å². The lowest BCUT2D eigenvalue weighted by Crippen LogP contribution is -2.35. The summed E-state index contributed by atoms with van der Waals surface area (Å²) in [6.07, 6.45) is 2.37. The molecule has 0 unspecified atom stereocenters. The van der Waals surface area contributed by atoms with Crippen molar-refractivity contribution in [3.05, 3.63) is 23.8 Å². The Bertz CT molecular complexity index is 406. The molecule has 0 fully saturated rings. The summed E-state index contributed by atoms with van der Waals surface area (Å²) >= 11 is 5.64. The quantitative estimate of drug-likeness (QED) is 0.775. The molecule has 17 heavy (non-hydrogen) atoms. The van der Waals surface area contributed by atoms with Crippen LogP contribution >= 0.6 is 11.6 Å². The number of hydrogen-bond acceptors (Lipinski definition) is 2. The molecule has 0 aromatic heterocycles. The SMILES string of the molecule is COc1cccc2c1N(C(=O)CCCl)CCC2. The van der Waals surface area contributed by atoms with Gasteiger partial charge in [-0.15, -0.1) is 11.6 Å². The first kappa shape index (κ1) is 12.2. The predicted molar refractivity (Wildman–Crippen MR) is 69.0 cm³/mol. The van der Waals surface area contributed by atoms with Crippen LogP contribution in [0.1, 0.15) is 18.4 Å². The average Bonchev–Trinajstić information content (AvgIpc) is 2.37. The molecule has 0 radical (unpaired) electrons. The molecule has 0 N–H and O–H groups in total. The summed E-state index contributed by atoms with van der Waals surface area (Å²) in [7, 11) is 1.63. The minimum atomic E-state index is 0.0745. The highest BCUT2D eigenvalue weighted by Crippen LogP contribution is 2.36. The highest BCUT2D eigenvalue weighted by molar-refractivity contribution is 6.19. The van der Waals surface area contributed by atoms with Gasteiger partial charge in [-0.1, -0.05) is 12.1 Å². The standard InChI is InChI=1S/C13H16ClNO2/c1-17-11-6-2-4-10-5-3-9-15(13(10)11)12(16)7-8-14/h2,4,6H,3,5,7-9H2,1H3. The molecule has 0 aliphatic carbocycles. The van der Waals surface area contributed by atoms with Gasteiger partial charge in [0.25, 0.3) is 0 Å². The third-order valence-electron chi connectivity index (χ3n) is 3.01. The minimum absolute atomic E-state index is 0.0745. The molecular weight excluding hydrogens is 238 g/mol. The lowest BCUT2D eigenvalue weighted by molar-refractivity contribution is -0.118. The maximum Gasteiger partial charge on any atom is 0.228 e. The van der Waals surface area contributed by atoms with E-state index in [2.05, 4.69) is 6.07 Å². The fourth-order valence-corrected chi connectivity index (χ4v) is 2.41. The van der Waals surface area contributed by atoms with Gasteiger partial charge in [0.05, 0.1) is 12.8 Å². The number of methoxy groups -OCH3 is 1. The lowest BCUT2D eigenvalue weighted by Gasteiger charge is -2.30. The van der Waals surface area contributed by atoms with Gasteiger partial charge in [0, 0.05) is 18.8 Å². The lowest BCUT2D eigenvalue weighted by atomic mass is 10.0. The van der Waals surface area contributed by atoms with E-state index in [1.54, 1.807) is 12.0 Å². The fourth-order valence-electron chi connectivity index (χ4n) is 2.25. The Labute approximate surface area is 106 Å². The molecule has 1 aromatic rings. The number of carbonyl (C=O) groups is 1. The summed E-state index contributed by atoms with van der Waals surface area (Å²) < 4.78 is 5.34. The maximum absolute atomic E-state index is 12.0. The van der Waals surface area contributed by atoms with Crippen LogP contribution in [0.5, 0.6) is 5.75 Å². The van der Waals surface area contributed by atoms with Crippen LogP contribution in [0.2, 0.25) is 0 Å². The number of halogens is 1. The highest BCUT2D eigenvalue weighted by Gasteiger charge is 2.25. The zero-order chi connectivity index (χ0) is 12.3. The van der Waals surface area contributed by atoms with Crippen molar-refractivity contribution in [3.8, 4) is 5.75 Å². The predicted octanol–water partition coefficient (Wildman–Crippen LogP) is 2.60. The van der Waals surface area contributed by atoms with Crippen molar-refractivity contribution in [2.24, 2.45) is 0 Å². The first-order chi connectivity index (χ1) is 8.27. The van der Waals surface area contributed by atoms with Crippen LogP contribution in [0.25, 0.3) is 0 Å². The molecule has 3 nitrogen and oxygen atoms in total. The van der Waals surface area contributed by atoms with Crippen molar-refractivity contribution < 1.29 is 9.53 Å². The summed E-state index contributed by atoms with van der Waals surface area (Å²) in [5, 5.41) is 0. The largest absolute Gasteiger partial charge is 0.495 e. The Balaban J connectivity index is 2.38. The number of rotatable bonds is 3. The fraction of sp³-hybridized carbons (Fsp3) is 0.462. The van der Waals surface area contributed by atoms with Crippen LogP contribution in [0.3, 0.4) is 0 Å². The zero-order valence-corrected chi connectivity index (χ0v) is 10.7. The number of hydrogen-bond donors (Lipinski definition) is 0. The van der Waals surface area contributed by atoms with E-state index < -0.39 is 0 Å². The molecule has 2 rings (SSSR count). The Kier molecular flexibility index (Phi) is 3.89. The second-order valence-electron chi connectivity index (χ2n) is 4.06. The monoisotopic (exact) mass is 253 g/mol. The normalized spacial score (nSPS) is 14.4. The van der Waals surface area contributed by atoms with Gasteiger partial charge in [-0.05, 0) is 24.5 Å². The number of fused-ring (bicyclic) bond motifs is 1. The van der Waals surface area contributed by atoms with E-state index >= 15 is 0 Å². The highest BCUT2D eigenvalue weighted by atomic mass is 35.5. The Morgan fingerprint density at radius 2 is 2.35 bits per heavy atom. The molecule has 0 spiro atoms. The molecule has 0 saturated heterocycles. The number of ether oxygens (including phenoxy) is 1. The number of benzene rings is 1. The summed E-state index contributed by atoms with van der Waals surface area (Å²) in [5.41, 5.74) is 2.11. The van der Waals surface area contributed by atoms with Crippen LogP contribution in [0.4, 0.5) is 5.69 Å². The van der Waals surface area contributed by atoms with Gasteiger partial charge < -0.3 is 9.64 Å². The van der Waals surface area contributed by atoms with Gasteiger partial charge in [-0.25, -0.2) is 0 Å². The first-order valence-corrected chi connectivity index (χ1v) is 6.33. The summed E-state index contributed by atoms with van der Waals surface area (Å²) in [4.78, 5) is 13.8. The van der Waals surface area contributed by atoms with Crippen molar-refractivity contribution in [2.45, 2.75) is 19.3 Å². The van der Waals surface area contributed by atoms with Gasteiger partial charge >= 0.3 is 0 Å². The molecule has 0 saturated carbocycles. The number of alkyl halides is 1. The number of anilines is 1. The Morgan fingerprint density at radius 1 is 1.53 bits per heavy atom. The number of aryl methyl sites for hydroxylation is 1. The molecule has 92 valence electrons. The molecule has 0 bridgehead atoms. The van der Waals surface area contributed by atoms with E-state index in [0.29, 0.717) is 12.3 Å². The van der Waals surface area contributed by atoms with Crippen molar-refractivity contribution in [2.75, 3.05) is 24.4 Å². The number of nitrogens with zero attached hydrogens (tertiary/aromatic N) is 1. The van der Waals surface area contributed by atoms with E-state index in [1.165, 1.54) is 5.56 Å². The number of para-hydroxylation sites is 1. The Morgan fingerprint density at radius 3 is 3.06 bits per heavy atom. The minimum Gasteiger partial charge on any atom is -0.495 e. The second kappa shape index (κ2) is 5.41. The second-order valence-corrected chi connectivity index (χ2v) is 4.43. The van der Waals surface area contributed by atoms with Crippen LogP contribution in [0, 0.1) is 0 Å². The number of amides is 1. The zero-order valence-electron chi connectivity index (χ0n) is 9.91. The van der Waals surface area contributed by atoms with Crippen molar-refractivity contribution >= 4 is 23.2 Å². The molecule has 1 aromatic carbocycles.